The van der Waals surface area contributed by atoms with Crippen LogP contribution in [0.5, 0.6) is 0 Å². The van der Waals surface area contributed by atoms with E-state index in [1.165, 1.54) is 0 Å². The van der Waals surface area contributed by atoms with E-state index in [0.717, 1.165) is 44.6 Å². The summed E-state index contributed by atoms with van der Waals surface area (Å²) in [7, 11) is 0. The van der Waals surface area contributed by atoms with Gasteiger partial charge in [-0.25, -0.2) is 0 Å². The molecule has 2 aliphatic rings. The third-order valence-corrected chi connectivity index (χ3v) is 6.02. The van der Waals surface area contributed by atoms with E-state index in [-0.39, 0.29) is 24.1 Å². The van der Waals surface area contributed by atoms with Crippen LogP contribution in [0.3, 0.4) is 0 Å². The van der Waals surface area contributed by atoms with Gasteiger partial charge in [-0.3, -0.25) is 9.59 Å². The van der Waals surface area contributed by atoms with Gasteiger partial charge in [0.05, 0.1) is 5.56 Å². The molecule has 0 aliphatic carbocycles. The molecule has 2 atom stereocenters. The highest BCUT2D eigenvalue weighted by atomic mass is 35.5. The standard InChI is InChI=1S/C23H26N2O2.ClH/c1-16-6-8-17(9-7-16)22(26)20-4-2-3-5-21(20)23(27)25-12-10-18-14-24-15-19(18)11-13-25;/h2-9,18-19,24H,10-15H2,1H3;1H/t18-,19+;. The van der Waals surface area contributed by atoms with Crippen molar-refractivity contribution in [1.29, 1.82) is 0 Å². The molecule has 2 fully saturated rings. The van der Waals surface area contributed by atoms with Gasteiger partial charge in [0.25, 0.3) is 5.91 Å². The SMILES string of the molecule is Cc1ccc(C(=O)c2ccccc2C(=O)N2CC[C@@H]3CNC[C@@H]3CC2)cc1.Cl. The van der Waals surface area contributed by atoms with Crippen molar-refractivity contribution >= 4 is 24.1 Å². The number of likely N-dealkylation sites (tertiary alicyclic amines) is 1. The topological polar surface area (TPSA) is 49.4 Å². The highest BCUT2D eigenvalue weighted by Crippen LogP contribution is 2.28. The van der Waals surface area contributed by atoms with E-state index in [4.69, 9.17) is 0 Å². The number of aryl methyl sites for hydroxylation is 1. The first kappa shape index (κ1) is 20.6. The number of fused-ring (bicyclic) bond motifs is 1. The molecule has 1 N–H and O–H groups in total. The van der Waals surface area contributed by atoms with Crippen LogP contribution in [0.1, 0.15) is 44.7 Å². The van der Waals surface area contributed by atoms with Gasteiger partial charge in [0.2, 0.25) is 0 Å². The number of nitrogens with zero attached hydrogens (tertiary/aromatic N) is 1. The maximum absolute atomic E-state index is 13.2. The van der Waals surface area contributed by atoms with Gasteiger partial charge in [-0.15, -0.1) is 12.4 Å². The maximum Gasteiger partial charge on any atom is 0.254 e. The zero-order valence-electron chi connectivity index (χ0n) is 16.2. The molecule has 2 aromatic rings. The minimum Gasteiger partial charge on any atom is -0.339 e. The van der Waals surface area contributed by atoms with Crippen LogP contribution in [0.15, 0.2) is 48.5 Å². The molecule has 2 aromatic carbocycles. The normalized spacial score (nSPS) is 21.4. The van der Waals surface area contributed by atoms with Gasteiger partial charge in [-0.2, -0.15) is 0 Å². The lowest BCUT2D eigenvalue weighted by Crippen LogP contribution is -2.33. The molecule has 0 radical (unpaired) electrons. The van der Waals surface area contributed by atoms with Crippen LogP contribution in [-0.2, 0) is 0 Å². The molecule has 2 aliphatic heterocycles. The summed E-state index contributed by atoms with van der Waals surface area (Å²) in [5, 5.41) is 3.47. The quantitative estimate of drug-likeness (QED) is 0.801. The van der Waals surface area contributed by atoms with Crippen LogP contribution in [0.25, 0.3) is 0 Å². The summed E-state index contributed by atoms with van der Waals surface area (Å²) in [4.78, 5) is 28.2. The van der Waals surface area contributed by atoms with Gasteiger partial charge >= 0.3 is 0 Å². The number of nitrogens with one attached hydrogen (secondary N) is 1. The number of ketones is 1. The molecule has 28 heavy (non-hydrogen) atoms. The molecular weight excluding hydrogens is 372 g/mol. The molecule has 4 rings (SSSR count). The number of carbonyl (C=O) groups is 2. The van der Waals surface area contributed by atoms with Gasteiger partial charge in [0.15, 0.2) is 5.78 Å². The van der Waals surface area contributed by atoms with Crippen LogP contribution >= 0.6 is 12.4 Å². The van der Waals surface area contributed by atoms with E-state index in [1.807, 2.05) is 48.2 Å². The fourth-order valence-corrected chi connectivity index (χ4v) is 4.32. The van der Waals surface area contributed by atoms with E-state index >= 15 is 0 Å². The van der Waals surface area contributed by atoms with Crippen LogP contribution < -0.4 is 5.32 Å². The van der Waals surface area contributed by atoms with Crippen molar-refractivity contribution < 1.29 is 9.59 Å². The average Bonchev–Trinajstić information content (AvgIpc) is 3.06. The van der Waals surface area contributed by atoms with Crippen molar-refractivity contribution in [3.63, 3.8) is 0 Å². The zero-order valence-corrected chi connectivity index (χ0v) is 17.0. The predicted octanol–water partition coefficient (Wildman–Crippen LogP) is 3.72. The first-order valence-corrected chi connectivity index (χ1v) is 9.84. The lowest BCUT2D eigenvalue weighted by atomic mass is 9.92. The Morgan fingerprint density at radius 1 is 0.893 bits per heavy atom. The van der Waals surface area contributed by atoms with E-state index in [9.17, 15) is 9.59 Å². The maximum atomic E-state index is 13.2. The first-order chi connectivity index (χ1) is 13.1. The Hall–Kier alpha value is -2.17. The van der Waals surface area contributed by atoms with Crippen molar-refractivity contribution in [3.05, 3.63) is 70.8 Å². The second-order valence-electron chi connectivity index (χ2n) is 7.79. The second-order valence-corrected chi connectivity index (χ2v) is 7.79. The first-order valence-electron chi connectivity index (χ1n) is 9.84. The van der Waals surface area contributed by atoms with Crippen molar-refractivity contribution in [2.45, 2.75) is 19.8 Å². The van der Waals surface area contributed by atoms with Crippen LogP contribution in [-0.4, -0.2) is 42.8 Å². The van der Waals surface area contributed by atoms with Crippen molar-refractivity contribution in [2.75, 3.05) is 26.2 Å². The van der Waals surface area contributed by atoms with Gasteiger partial charge in [0, 0.05) is 24.2 Å². The Morgan fingerprint density at radius 3 is 2.07 bits per heavy atom. The Bertz CT molecular complexity index is 836. The minimum absolute atomic E-state index is 0. The van der Waals surface area contributed by atoms with Crippen LogP contribution in [0.4, 0.5) is 0 Å². The Kier molecular flexibility index (Phi) is 6.53. The fraction of sp³-hybridized carbons (Fsp3) is 0.391. The molecule has 0 bridgehead atoms. The molecule has 2 heterocycles. The number of carbonyl (C=O) groups excluding carboxylic acids is 2. The number of rotatable bonds is 3. The Balaban J connectivity index is 0.00000225. The summed E-state index contributed by atoms with van der Waals surface area (Å²) in [6.45, 7) is 5.67. The molecule has 0 unspecified atom stereocenters. The van der Waals surface area contributed by atoms with Gasteiger partial charge in [-0.1, -0.05) is 48.0 Å². The van der Waals surface area contributed by atoms with E-state index in [0.29, 0.717) is 28.5 Å². The van der Waals surface area contributed by atoms with Crippen LogP contribution in [0.2, 0.25) is 0 Å². The highest BCUT2D eigenvalue weighted by molar-refractivity contribution is 6.15. The predicted molar refractivity (Wildman–Crippen MR) is 113 cm³/mol. The summed E-state index contributed by atoms with van der Waals surface area (Å²) < 4.78 is 0. The van der Waals surface area contributed by atoms with E-state index in [2.05, 4.69) is 5.32 Å². The molecule has 4 nitrogen and oxygen atoms in total. The number of benzene rings is 2. The van der Waals surface area contributed by atoms with E-state index < -0.39 is 0 Å². The zero-order chi connectivity index (χ0) is 18.8. The number of halogens is 1. The smallest absolute Gasteiger partial charge is 0.254 e. The summed E-state index contributed by atoms with van der Waals surface area (Å²) >= 11 is 0. The molecule has 2 saturated heterocycles. The summed E-state index contributed by atoms with van der Waals surface area (Å²) in [6.07, 6.45) is 2.08. The third kappa shape index (κ3) is 4.13. The second kappa shape index (κ2) is 8.89. The molecule has 0 saturated carbocycles. The molecule has 5 heteroatoms. The van der Waals surface area contributed by atoms with Gasteiger partial charge < -0.3 is 10.2 Å². The third-order valence-electron chi connectivity index (χ3n) is 6.02. The molecule has 0 aromatic heterocycles. The summed E-state index contributed by atoms with van der Waals surface area (Å²) in [5.41, 5.74) is 2.75. The molecule has 1 amide bonds. The Morgan fingerprint density at radius 2 is 1.46 bits per heavy atom. The Labute approximate surface area is 172 Å². The minimum atomic E-state index is -0.0881. The van der Waals surface area contributed by atoms with E-state index in [1.54, 1.807) is 12.1 Å². The van der Waals surface area contributed by atoms with Gasteiger partial charge in [0.1, 0.15) is 0 Å². The molecule has 0 spiro atoms. The fourth-order valence-electron chi connectivity index (χ4n) is 4.32. The lowest BCUT2D eigenvalue weighted by Gasteiger charge is -2.22. The molecular formula is C23H27ClN2O2. The number of amides is 1. The lowest BCUT2D eigenvalue weighted by molar-refractivity contribution is 0.0754. The average molecular weight is 399 g/mol. The van der Waals surface area contributed by atoms with Gasteiger partial charge in [-0.05, 0) is 50.8 Å². The van der Waals surface area contributed by atoms with Crippen LogP contribution in [0, 0.1) is 18.8 Å². The van der Waals surface area contributed by atoms with Crippen molar-refractivity contribution in [2.24, 2.45) is 11.8 Å². The largest absolute Gasteiger partial charge is 0.339 e. The highest BCUT2D eigenvalue weighted by Gasteiger charge is 2.32. The number of hydrogen-bond donors (Lipinski definition) is 1. The molecule has 148 valence electrons. The summed E-state index contributed by atoms with van der Waals surface area (Å²) in [5.74, 6) is 1.24. The van der Waals surface area contributed by atoms with Crippen molar-refractivity contribution in [1.82, 2.24) is 10.2 Å². The monoisotopic (exact) mass is 398 g/mol. The summed E-state index contributed by atoms with van der Waals surface area (Å²) in [6, 6.07) is 14.8. The van der Waals surface area contributed by atoms with Crippen molar-refractivity contribution in [3.8, 4) is 0 Å². The number of hydrogen-bond acceptors (Lipinski definition) is 3.